The first-order chi connectivity index (χ1) is 33.2. The van der Waals surface area contributed by atoms with Crippen LogP contribution < -0.4 is 0 Å². The van der Waals surface area contributed by atoms with Crippen LogP contribution in [-0.2, 0) is 0 Å². The SMILES string of the molecule is C1=CC2=C(CC1)C(c1ccc3c(c1)c1ccncc1n3-c1ccccc1)=CC1C=CC(c3c4ccccc4c(C4=CCC5C(=C4)C=Cc4cc(-c6cccnc6)ccc45)c4ccccc34)=CC21. The predicted molar refractivity (Wildman–Crippen MR) is 280 cm³/mol. The predicted octanol–water partition coefficient (Wildman–Crippen LogP) is 16.0. The van der Waals surface area contributed by atoms with Crippen LogP contribution in [0.5, 0.6) is 0 Å². The second-order valence-electron chi connectivity index (χ2n) is 18.7. The van der Waals surface area contributed by atoms with Crippen LogP contribution in [0.1, 0.15) is 53.0 Å². The molecule has 0 N–H and O–H groups in total. The summed E-state index contributed by atoms with van der Waals surface area (Å²) in [7, 11) is 0. The Balaban J connectivity index is 0.848. The maximum atomic E-state index is 4.55. The zero-order chi connectivity index (χ0) is 44.0. The van der Waals surface area contributed by atoms with Gasteiger partial charge >= 0.3 is 0 Å². The molecule has 14 rings (SSSR count). The highest BCUT2D eigenvalue weighted by atomic mass is 15.0. The topological polar surface area (TPSA) is 30.7 Å². The molecule has 3 heteroatoms. The molecule has 0 aliphatic heterocycles. The van der Waals surface area contributed by atoms with E-state index in [1.54, 1.807) is 0 Å². The van der Waals surface area contributed by atoms with Crippen molar-refractivity contribution in [1.82, 2.24) is 14.5 Å². The minimum absolute atomic E-state index is 0.255. The average Bonchev–Trinajstić information content (AvgIpc) is 3.73. The summed E-state index contributed by atoms with van der Waals surface area (Å²) in [5, 5.41) is 7.70. The molecule has 0 bridgehead atoms. The summed E-state index contributed by atoms with van der Waals surface area (Å²) < 4.78 is 2.35. The van der Waals surface area contributed by atoms with Gasteiger partial charge in [0.2, 0.25) is 0 Å². The van der Waals surface area contributed by atoms with E-state index in [2.05, 4.69) is 203 Å². The lowest BCUT2D eigenvalue weighted by Gasteiger charge is -2.35. The number of para-hydroxylation sites is 1. The summed E-state index contributed by atoms with van der Waals surface area (Å²) in [6.07, 6.45) is 35.3. The van der Waals surface area contributed by atoms with E-state index in [-0.39, 0.29) is 11.8 Å². The van der Waals surface area contributed by atoms with E-state index in [1.165, 1.54) is 105 Å². The van der Waals surface area contributed by atoms with E-state index in [0.717, 1.165) is 36.0 Å². The van der Waals surface area contributed by atoms with Crippen molar-refractivity contribution in [2.45, 2.75) is 25.2 Å². The van der Waals surface area contributed by atoms with Gasteiger partial charge in [0, 0.05) is 58.4 Å². The van der Waals surface area contributed by atoms with Crippen LogP contribution in [0.25, 0.3) is 83.0 Å². The first-order valence-corrected chi connectivity index (χ1v) is 23.8. The molecule has 0 spiro atoms. The fourth-order valence-corrected chi connectivity index (χ4v) is 12.1. The smallest absolute Gasteiger partial charge is 0.0724 e. The standard InChI is InChI=1S/C64H45N3/c1-2-12-48(13-3-1)67-61-29-26-44(36-60(61)53-30-32-66-39-62(53)67)58-35-43-22-23-46(37-59(43)52-15-5-4-14-51(52)58)64-56-18-8-6-16-54(56)63(55-17-7-9-19-57(55)64)45-25-28-50-42(34-45)21-20-41-33-40(24-27-49(41)50)47-11-10-31-65-38-47/h1-3,5-13,15-27,29-39,43,50,59H,4,14,28H2. The summed E-state index contributed by atoms with van der Waals surface area (Å²) in [5.74, 6) is 0.852. The van der Waals surface area contributed by atoms with E-state index in [4.69, 9.17) is 0 Å². The highest BCUT2D eigenvalue weighted by Crippen LogP contribution is 2.51. The molecule has 6 aromatic carbocycles. The van der Waals surface area contributed by atoms with Crippen molar-refractivity contribution in [1.29, 1.82) is 0 Å². The van der Waals surface area contributed by atoms with E-state index in [1.807, 2.05) is 30.9 Å². The lowest BCUT2D eigenvalue weighted by atomic mass is 9.69. The molecule has 3 nitrogen and oxygen atoms in total. The van der Waals surface area contributed by atoms with Crippen molar-refractivity contribution in [3.05, 3.63) is 257 Å². The molecule has 5 aliphatic carbocycles. The summed E-state index contributed by atoms with van der Waals surface area (Å²) in [6, 6.07) is 49.2. The number of benzene rings is 6. The van der Waals surface area contributed by atoms with Gasteiger partial charge in [-0.1, -0.05) is 152 Å². The highest BCUT2D eigenvalue weighted by molar-refractivity contribution is 6.18. The second kappa shape index (κ2) is 15.2. The first-order valence-electron chi connectivity index (χ1n) is 23.8. The molecule has 3 atom stereocenters. The Kier molecular flexibility index (Phi) is 8.67. The number of aromatic nitrogens is 3. The number of hydrogen-bond acceptors (Lipinski definition) is 2. The average molecular weight is 856 g/mol. The molecule has 9 aromatic rings. The number of pyridine rings is 2. The fourth-order valence-electron chi connectivity index (χ4n) is 12.1. The lowest BCUT2D eigenvalue weighted by molar-refractivity contribution is 0.626. The van der Waals surface area contributed by atoms with Gasteiger partial charge < -0.3 is 4.57 Å². The monoisotopic (exact) mass is 855 g/mol. The molecule has 3 aromatic heterocycles. The quantitative estimate of drug-likeness (QED) is 0.162. The van der Waals surface area contributed by atoms with Crippen molar-refractivity contribution >= 4 is 66.1 Å². The lowest BCUT2D eigenvalue weighted by Crippen LogP contribution is -2.21. The summed E-state index contributed by atoms with van der Waals surface area (Å²) in [6.45, 7) is 0. The van der Waals surface area contributed by atoms with Crippen LogP contribution >= 0.6 is 0 Å². The van der Waals surface area contributed by atoms with Crippen LogP contribution in [-0.4, -0.2) is 14.5 Å². The van der Waals surface area contributed by atoms with Crippen LogP contribution in [0.2, 0.25) is 0 Å². The molecule has 0 saturated heterocycles. The van der Waals surface area contributed by atoms with Gasteiger partial charge in [-0.3, -0.25) is 9.97 Å². The summed E-state index contributed by atoms with van der Waals surface area (Å²) in [5.41, 5.74) is 20.8. The van der Waals surface area contributed by atoms with Gasteiger partial charge in [-0.05, 0) is 150 Å². The van der Waals surface area contributed by atoms with Crippen molar-refractivity contribution < 1.29 is 0 Å². The fraction of sp³-hybridized carbons (Fsp3) is 0.0938. The van der Waals surface area contributed by atoms with Crippen LogP contribution in [0, 0.1) is 11.8 Å². The van der Waals surface area contributed by atoms with E-state index >= 15 is 0 Å². The van der Waals surface area contributed by atoms with E-state index in [9.17, 15) is 0 Å². The molecular weight excluding hydrogens is 811 g/mol. The molecule has 0 amide bonds. The first kappa shape index (κ1) is 38.2. The molecule has 0 radical (unpaired) electrons. The highest BCUT2D eigenvalue weighted by Gasteiger charge is 2.33. The Morgan fingerprint density at radius 1 is 0.552 bits per heavy atom. The van der Waals surface area contributed by atoms with Gasteiger partial charge in [0.05, 0.1) is 17.2 Å². The van der Waals surface area contributed by atoms with Crippen molar-refractivity contribution in [2.75, 3.05) is 0 Å². The van der Waals surface area contributed by atoms with Crippen LogP contribution in [0.15, 0.2) is 230 Å². The number of nitrogens with zero attached hydrogens (tertiary/aromatic N) is 3. The summed E-state index contributed by atoms with van der Waals surface area (Å²) >= 11 is 0. The molecule has 3 heterocycles. The maximum Gasteiger partial charge on any atom is 0.0724 e. The third kappa shape index (κ3) is 6.04. The Morgan fingerprint density at radius 3 is 2.13 bits per heavy atom. The molecule has 316 valence electrons. The Morgan fingerprint density at radius 2 is 1.33 bits per heavy atom. The number of allylic oxidation sites excluding steroid dienone is 15. The van der Waals surface area contributed by atoms with Gasteiger partial charge in [-0.25, -0.2) is 0 Å². The zero-order valence-electron chi connectivity index (χ0n) is 37.0. The molecule has 3 unspecified atom stereocenters. The third-order valence-electron chi connectivity index (χ3n) is 15.1. The largest absolute Gasteiger partial charge is 0.308 e. The second-order valence-corrected chi connectivity index (χ2v) is 18.7. The van der Waals surface area contributed by atoms with Gasteiger partial charge in [0.25, 0.3) is 0 Å². The van der Waals surface area contributed by atoms with Crippen molar-refractivity contribution in [3.8, 4) is 16.8 Å². The van der Waals surface area contributed by atoms with Crippen molar-refractivity contribution in [2.24, 2.45) is 11.8 Å². The Labute approximate surface area is 390 Å². The minimum Gasteiger partial charge on any atom is -0.308 e. The molecule has 0 fully saturated rings. The van der Waals surface area contributed by atoms with E-state index in [0.29, 0.717) is 5.92 Å². The summed E-state index contributed by atoms with van der Waals surface area (Å²) in [4.78, 5) is 8.92. The number of hydrogen-bond donors (Lipinski definition) is 0. The minimum atomic E-state index is 0.255. The van der Waals surface area contributed by atoms with Crippen molar-refractivity contribution in [3.63, 3.8) is 0 Å². The number of fused-ring (bicyclic) bond motifs is 10. The molecular formula is C64H45N3. The zero-order valence-corrected chi connectivity index (χ0v) is 37.0. The van der Waals surface area contributed by atoms with Gasteiger partial charge in [-0.2, -0.15) is 0 Å². The molecule has 5 aliphatic rings. The Hall–Kier alpha value is -8.14. The normalized spacial score (nSPS) is 19.4. The molecule has 67 heavy (non-hydrogen) atoms. The van der Waals surface area contributed by atoms with Crippen LogP contribution in [0.3, 0.4) is 0 Å². The van der Waals surface area contributed by atoms with Gasteiger partial charge in [0.1, 0.15) is 0 Å². The number of rotatable bonds is 5. The van der Waals surface area contributed by atoms with Crippen LogP contribution in [0.4, 0.5) is 0 Å². The maximum absolute atomic E-state index is 4.55. The van der Waals surface area contributed by atoms with Gasteiger partial charge in [0.15, 0.2) is 0 Å². The van der Waals surface area contributed by atoms with E-state index < -0.39 is 0 Å². The Bertz CT molecular complexity index is 3770. The van der Waals surface area contributed by atoms with Gasteiger partial charge in [-0.15, -0.1) is 0 Å². The molecule has 0 saturated carbocycles. The third-order valence-corrected chi connectivity index (χ3v) is 15.1.